The molecule has 1 aromatic heterocycles. The van der Waals surface area contributed by atoms with Gasteiger partial charge in [-0.15, -0.1) is 0 Å². The lowest BCUT2D eigenvalue weighted by Crippen LogP contribution is -2.48. The summed E-state index contributed by atoms with van der Waals surface area (Å²) in [6, 6.07) is 0.464. The predicted molar refractivity (Wildman–Crippen MR) is 89.2 cm³/mol. The normalized spacial score (nSPS) is 25.4. The Morgan fingerprint density at radius 3 is 3.09 bits per heavy atom. The Morgan fingerprint density at radius 2 is 2.27 bits per heavy atom. The zero-order valence-corrected chi connectivity index (χ0v) is 13.4. The van der Waals surface area contributed by atoms with Gasteiger partial charge in [0.15, 0.2) is 5.82 Å². The van der Waals surface area contributed by atoms with Gasteiger partial charge in [-0.1, -0.05) is 12.2 Å². The Bertz CT molecular complexity index is 580. The number of aromatic nitrogens is 2. The van der Waals surface area contributed by atoms with E-state index in [-0.39, 0.29) is 5.56 Å². The third kappa shape index (κ3) is 3.58. The van der Waals surface area contributed by atoms with Gasteiger partial charge in [0.2, 0.25) is 0 Å². The van der Waals surface area contributed by atoms with Crippen LogP contribution in [0.3, 0.4) is 0 Å². The van der Waals surface area contributed by atoms with Crippen LogP contribution in [-0.4, -0.2) is 35.2 Å². The fourth-order valence-corrected chi connectivity index (χ4v) is 3.41. The minimum absolute atomic E-state index is 0.000526. The number of piperidine rings is 1. The summed E-state index contributed by atoms with van der Waals surface area (Å²) in [5.41, 5.74) is 0.000526. The highest BCUT2D eigenvalue weighted by Crippen LogP contribution is 2.19. The Kier molecular flexibility index (Phi) is 4.93. The molecule has 1 aliphatic heterocycles. The van der Waals surface area contributed by atoms with Crippen LogP contribution in [0.1, 0.15) is 32.1 Å². The number of hydrogen-bond donors (Lipinski definition) is 1. The lowest BCUT2D eigenvalue weighted by Gasteiger charge is -2.34. The third-order valence-corrected chi connectivity index (χ3v) is 4.79. The maximum absolute atomic E-state index is 12.2. The zero-order valence-electron chi connectivity index (χ0n) is 13.4. The summed E-state index contributed by atoms with van der Waals surface area (Å²) in [6.07, 6.45) is 14.0. The Labute approximate surface area is 132 Å². The smallest absolute Gasteiger partial charge is 0.293 e. The van der Waals surface area contributed by atoms with Crippen LogP contribution in [-0.2, 0) is 7.05 Å². The van der Waals surface area contributed by atoms with Gasteiger partial charge in [0.25, 0.3) is 5.56 Å². The molecule has 2 atom stereocenters. The van der Waals surface area contributed by atoms with Crippen LogP contribution < -0.4 is 15.8 Å². The number of nitrogens with zero attached hydrogens (tertiary/aromatic N) is 3. The van der Waals surface area contributed by atoms with E-state index in [1.807, 2.05) is 0 Å². The molecule has 0 spiro atoms. The number of allylic oxidation sites excluding steroid dienone is 2. The molecule has 5 heteroatoms. The van der Waals surface area contributed by atoms with Crippen molar-refractivity contribution in [3.63, 3.8) is 0 Å². The second-order valence-corrected chi connectivity index (χ2v) is 6.51. The Balaban J connectivity index is 1.58. The molecule has 1 aliphatic carbocycles. The van der Waals surface area contributed by atoms with Crippen molar-refractivity contribution in [1.29, 1.82) is 0 Å². The lowest BCUT2D eigenvalue weighted by atomic mass is 9.94. The minimum Gasteiger partial charge on any atom is -0.350 e. The van der Waals surface area contributed by atoms with Gasteiger partial charge >= 0.3 is 0 Å². The molecule has 3 rings (SSSR count). The van der Waals surface area contributed by atoms with Gasteiger partial charge in [0, 0.05) is 38.6 Å². The van der Waals surface area contributed by atoms with Crippen LogP contribution in [0, 0.1) is 5.92 Å². The Hall–Kier alpha value is -1.62. The quantitative estimate of drug-likeness (QED) is 0.860. The van der Waals surface area contributed by atoms with Crippen molar-refractivity contribution in [3.8, 4) is 0 Å². The third-order valence-electron chi connectivity index (χ3n) is 4.79. The molecule has 2 aliphatic rings. The summed E-state index contributed by atoms with van der Waals surface area (Å²) in [7, 11) is 1.78. The number of hydrogen-bond acceptors (Lipinski definition) is 4. The molecule has 0 unspecified atom stereocenters. The van der Waals surface area contributed by atoms with Gasteiger partial charge in [-0.3, -0.25) is 4.79 Å². The molecule has 2 heterocycles. The molecule has 0 amide bonds. The summed E-state index contributed by atoms with van der Waals surface area (Å²) in [5, 5.41) is 3.71. The molecule has 1 saturated heterocycles. The monoisotopic (exact) mass is 302 g/mol. The van der Waals surface area contributed by atoms with E-state index in [4.69, 9.17) is 0 Å². The van der Waals surface area contributed by atoms with Gasteiger partial charge in [-0.25, -0.2) is 4.98 Å². The average Bonchev–Trinajstić information content (AvgIpc) is 2.57. The largest absolute Gasteiger partial charge is 0.350 e. The SMILES string of the molecule is Cn1ccnc(N2CCC[C@@H](NC[C@H]3CC=CCC3)C2)c1=O. The van der Waals surface area contributed by atoms with Crippen LogP contribution in [0.25, 0.3) is 0 Å². The van der Waals surface area contributed by atoms with E-state index in [0.717, 1.165) is 32.0 Å². The molecule has 0 bridgehead atoms. The molecule has 0 aromatic carbocycles. The maximum atomic E-state index is 12.2. The van der Waals surface area contributed by atoms with Crippen molar-refractivity contribution < 1.29 is 0 Å². The molecule has 0 radical (unpaired) electrons. The van der Waals surface area contributed by atoms with E-state index in [1.54, 1.807) is 24.0 Å². The van der Waals surface area contributed by atoms with Crippen molar-refractivity contribution in [2.45, 2.75) is 38.1 Å². The summed E-state index contributed by atoms with van der Waals surface area (Å²) in [6.45, 7) is 2.90. The van der Waals surface area contributed by atoms with Gasteiger partial charge in [0.05, 0.1) is 0 Å². The van der Waals surface area contributed by atoms with E-state index in [2.05, 4.69) is 27.4 Å². The molecule has 22 heavy (non-hydrogen) atoms. The van der Waals surface area contributed by atoms with Crippen LogP contribution >= 0.6 is 0 Å². The van der Waals surface area contributed by atoms with Gasteiger partial charge < -0.3 is 14.8 Å². The molecular weight excluding hydrogens is 276 g/mol. The number of nitrogens with one attached hydrogen (secondary N) is 1. The van der Waals surface area contributed by atoms with E-state index in [1.165, 1.54) is 25.7 Å². The summed E-state index contributed by atoms with van der Waals surface area (Å²) >= 11 is 0. The summed E-state index contributed by atoms with van der Waals surface area (Å²) in [5.74, 6) is 1.36. The standard InChI is InChI=1S/C17H26N4O/c1-20-11-9-18-16(17(20)22)21-10-5-8-15(13-21)19-12-14-6-3-2-4-7-14/h2-3,9,11,14-15,19H,4-8,10,12-13H2,1H3/t14-,15+/m0/s1. The topological polar surface area (TPSA) is 50.2 Å². The highest BCUT2D eigenvalue weighted by molar-refractivity contribution is 5.36. The zero-order chi connectivity index (χ0) is 15.4. The fourth-order valence-electron chi connectivity index (χ4n) is 3.41. The first-order valence-electron chi connectivity index (χ1n) is 8.39. The summed E-state index contributed by atoms with van der Waals surface area (Å²) < 4.78 is 1.60. The summed E-state index contributed by atoms with van der Waals surface area (Å²) in [4.78, 5) is 18.7. The molecular formula is C17H26N4O. The van der Waals surface area contributed by atoms with E-state index < -0.39 is 0 Å². The van der Waals surface area contributed by atoms with E-state index in [9.17, 15) is 4.79 Å². The number of aryl methyl sites for hydroxylation is 1. The first-order valence-corrected chi connectivity index (χ1v) is 8.39. The minimum atomic E-state index is 0.000526. The second kappa shape index (κ2) is 7.09. The molecule has 1 N–H and O–H groups in total. The number of anilines is 1. The predicted octanol–water partition coefficient (Wildman–Crippen LogP) is 1.70. The second-order valence-electron chi connectivity index (χ2n) is 6.51. The van der Waals surface area contributed by atoms with E-state index >= 15 is 0 Å². The maximum Gasteiger partial charge on any atom is 0.293 e. The fraction of sp³-hybridized carbons (Fsp3) is 0.647. The van der Waals surface area contributed by atoms with Crippen LogP contribution in [0.5, 0.6) is 0 Å². The molecule has 120 valence electrons. The first-order chi connectivity index (χ1) is 10.7. The lowest BCUT2D eigenvalue weighted by molar-refractivity contribution is 0.366. The van der Waals surface area contributed by atoms with Crippen molar-refractivity contribution in [2.75, 3.05) is 24.5 Å². The van der Waals surface area contributed by atoms with Crippen LogP contribution in [0.4, 0.5) is 5.82 Å². The highest BCUT2D eigenvalue weighted by Gasteiger charge is 2.23. The van der Waals surface area contributed by atoms with Crippen LogP contribution in [0.2, 0.25) is 0 Å². The molecule has 5 nitrogen and oxygen atoms in total. The van der Waals surface area contributed by atoms with Crippen molar-refractivity contribution in [2.24, 2.45) is 13.0 Å². The Morgan fingerprint density at radius 1 is 1.36 bits per heavy atom. The van der Waals surface area contributed by atoms with Crippen molar-refractivity contribution in [3.05, 3.63) is 34.9 Å². The number of rotatable bonds is 4. The molecule has 0 saturated carbocycles. The molecule has 1 fully saturated rings. The van der Waals surface area contributed by atoms with Crippen LogP contribution in [0.15, 0.2) is 29.3 Å². The van der Waals surface area contributed by atoms with Gasteiger partial charge in [0.1, 0.15) is 0 Å². The first kappa shape index (κ1) is 15.3. The van der Waals surface area contributed by atoms with E-state index in [0.29, 0.717) is 11.9 Å². The highest BCUT2D eigenvalue weighted by atomic mass is 16.1. The van der Waals surface area contributed by atoms with Gasteiger partial charge in [-0.2, -0.15) is 0 Å². The van der Waals surface area contributed by atoms with Gasteiger partial charge in [-0.05, 0) is 44.6 Å². The molecule has 1 aromatic rings. The average molecular weight is 302 g/mol. The van der Waals surface area contributed by atoms with Crippen molar-refractivity contribution in [1.82, 2.24) is 14.9 Å². The van der Waals surface area contributed by atoms with Crippen molar-refractivity contribution >= 4 is 5.82 Å².